The van der Waals surface area contributed by atoms with Gasteiger partial charge < -0.3 is 14.6 Å². The number of ether oxygens (including phenoxy) is 1. The molecule has 0 unspecified atom stereocenters. The molecule has 0 aliphatic rings. The Labute approximate surface area is 166 Å². The van der Waals surface area contributed by atoms with Gasteiger partial charge in [-0.1, -0.05) is 6.07 Å². The third-order valence-electron chi connectivity index (χ3n) is 4.31. The molecule has 3 aromatic heterocycles. The SMILES string of the molecule is COc1ccc(NC(=O)c2cc(-c3cccs3)n(C)n2)cc1-n1cnc(C)c1. The van der Waals surface area contributed by atoms with Gasteiger partial charge in [-0.05, 0) is 42.6 Å². The van der Waals surface area contributed by atoms with Crippen LogP contribution in [0.4, 0.5) is 5.69 Å². The summed E-state index contributed by atoms with van der Waals surface area (Å²) < 4.78 is 9.02. The van der Waals surface area contributed by atoms with Crippen LogP contribution in [0.25, 0.3) is 16.3 Å². The number of aryl methyl sites for hydroxylation is 2. The molecule has 0 fully saturated rings. The predicted molar refractivity (Wildman–Crippen MR) is 109 cm³/mol. The number of nitrogens with one attached hydrogen (secondary N) is 1. The molecule has 0 radical (unpaired) electrons. The number of benzene rings is 1. The van der Waals surface area contributed by atoms with Gasteiger partial charge in [0.15, 0.2) is 5.69 Å². The van der Waals surface area contributed by atoms with E-state index in [2.05, 4.69) is 15.4 Å². The third-order valence-corrected chi connectivity index (χ3v) is 5.21. The maximum absolute atomic E-state index is 12.7. The number of carbonyl (C=O) groups excluding carboxylic acids is 1. The van der Waals surface area contributed by atoms with Crippen LogP contribution in [-0.2, 0) is 7.05 Å². The zero-order chi connectivity index (χ0) is 19.7. The first-order valence-electron chi connectivity index (χ1n) is 8.63. The van der Waals surface area contributed by atoms with Gasteiger partial charge in [-0.25, -0.2) is 4.98 Å². The lowest BCUT2D eigenvalue weighted by Crippen LogP contribution is -2.13. The highest BCUT2D eigenvalue weighted by Crippen LogP contribution is 2.28. The topological polar surface area (TPSA) is 74.0 Å². The highest BCUT2D eigenvalue weighted by atomic mass is 32.1. The van der Waals surface area contributed by atoms with Gasteiger partial charge in [-0.3, -0.25) is 9.48 Å². The molecular weight excluding hydrogens is 374 g/mol. The third kappa shape index (κ3) is 3.41. The van der Waals surface area contributed by atoms with E-state index < -0.39 is 0 Å². The number of rotatable bonds is 5. The van der Waals surface area contributed by atoms with E-state index in [-0.39, 0.29) is 5.91 Å². The summed E-state index contributed by atoms with van der Waals surface area (Å²) in [6, 6.07) is 11.2. The number of hydrogen-bond donors (Lipinski definition) is 1. The molecule has 3 heterocycles. The summed E-state index contributed by atoms with van der Waals surface area (Å²) in [5.74, 6) is 0.421. The summed E-state index contributed by atoms with van der Waals surface area (Å²) in [5, 5.41) is 9.26. The Morgan fingerprint density at radius 2 is 2.11 bits per heavy atom. The molecular formula is C20H19N5O2S. The quantitative estimate of drug-likeness (QED) is 0.558. The van der Waals surface area contributed by atoms with E-state index in [0.29, 0.717) is 17.1 Å². The zero-order valence-electron chi connectivity index (χ0n) is 15.7. The van der Waals surface area contributed by atoms with Gasteiger partial charge in [0.1, 0.15) is 5.75 Å². The van der Waals surface area contributed by atoms with Crippen molar-refractivity contribution in [3.8, 4) is 22.0 Å². The number of methoxy groups -OCH3 is 1. The lowest BCUT2D eigenvalue weighted by atomic mass is 10.2. The highest BCUT2D eigenvalue weighted by molar-refractivity contribution is 7.13. The van der Waals surface area contributed by atoms with E-state index in [9.17, 15) is 4.79 Å². The highest BCUT2D eigenvalue weighted by Gasteiger charge is 2.16. The van der Waals surface area contributed by atoms with E-state index in [1.807, 2.05) is 54.4 Å². The second kappa shape index (κ2) is 7.32. The molecule has 142 valence electrons. The molecule has 1 N–H and O–H groups in total. The molecule has 0 aliphatic carbocycles. The van der Waals surface area contributed by atoms with Crippen molar-refractivity contribution in [3.05, 3.63) is 65.7 Å². The van der Waals surface area contributed by atoms with Crippen molar-refractivity contribution >= 4 is 22.9 Å². The van der Waals surface area contributed by atoms with Crippen LogP contribution < -0.4 is 10.1 Å². The fraction of sp³-hybridized carbons (Fsp3) is 0.150. The first kappa shape index (κ1) is 18.0. The minimum absolute atomic E-state index is 0.267. The zero-order valence-corrected chi connectivity index (χ0v) is 16.5. The lowest BCUT2D eigenvalue weighted by Gasteiger charge is -2.11. The molecule has 8 heteroatoms. The Balaban J connectivity index is 1.61. The first-order chi connectivity index (χ1) is 13.5. The van der Waals surface area contributed by atoms with Gasteiger partial charge in [0, 0.05) is 18.9 Å². The Hall–Kier alpha value is -3.39. The number of nitrogens with zero attached hydrogens (tertiary/aromatic N) is 4. The molecule has 7 nitrogen and oxygen atoms in total. The van der Waals surface area contributed by atoms with Gasteiger partial charge in [-0.2, -0.15) is 5.10 Å². The number of imidazole rings is 1. The lowest BCUT2D eigenvalue weighted by molar-refractivity contribution is 0.102. The number of carbonyl (C=O) groups is 1. The Morgan fingerprint density at radius 1 is 1.25 bits per heavy atom. The van der Waals surface area contributed by atoms with Crippen LogP contribution in [0.2, 0.25) is 0 Å². The maximum atomic E-state index is 12.7. The number of anilines is 1. The summed E-state index contributed by atoms with van der Waals surface area (Å²) in [7, 11) is 3.44. The normalized spacial score (nSPS) is 10.8. The summed E-state index contributed by atoms with van der Waals surface area (Å²) in [4.78, 5) is 18.0. The van der Waals surface area contributed by atoms with Gasteiger partial charge in [0.2, 0.25) is 0 Å². The fourth-order valence-electron chi connectivity index (χ4n) is 2.95. The molecule has 0 saturated carbocycles. The predicted octanol–water partition coefficient (Wildman–Crippen LogP) is 3.90. The van der Waals surface area contributed by atoms with Crippen LogP contribution in [0.3, 0.4) is 0 Å². The Bertz CT molecular complexity index is 1130. The van der Waals surface area contributed by atoms with Crippen LogP contribution in [0, 0.1) is 6.92 Å². The molecule has 0 bridgehead atoms. The van der Waals surface area contributed by atoms with Crippen molar-refractivity contribution in [2.45, 2.75) is 6.92 Å². The molecule has 0 spiro atoms. The van der Waals surface area contributed by atoms with E-state index in [0.717, 1.165) is 22.0 Å². The van der Waals surface area contributed by atoms with Crippen LogP contribution in [0.5, 0.6) is 5.75 Å². The Morgan fingerprint density at radius 3 is 2.79 bits per heavy atom. The average molecular weight is 393 g/mol. The van der Waals surface area contributed by atoms with Crippen molar-refractivity contribution in [2.24, 2.45) is 7.05 Å². The minimum atomic E-state index is -0.267. The van der Waals surface area contributed by atoms with Gasteiger partial charge in [0.05, 0.1) is 35.4 Å². The van der Waals surface area contributed by atoms with Crippen molar-refractivity contribution in [1.82, 2.24) is 19.3 Å². The minimum Gasteiger partial charge on any atom is -0.495 e. The van der Waals surface area contributed by atoms with Gasteiger partial charge in [-0.15, -0.1) is 11.3 Å². The molecule has 1 amide bonds. The van der Waals surface area contributed by atoms with E-state index in [1.165, 1.54) is 0 Å². The average Bonchev–Trinajstić information content (AvgIpc) is 3.42. The molecule has 4 aromatic rings. The number of aromatic nitrogens is 4. The smallest absolute Gasteiger partial charge is 0.276 e. The van der Waals surface area contributed by atoms with Crippen LogP contribution >= 0.6 is 11.3 Å². The maximum Gasteiger partial charge on any atom is 0.276 e. The summed E-state index contributed by atoms with van der Waals surface area (Å²) in [6.45, 7) is 1.92. The second-order valence-corrected chi connectivity index (χ2v) is 7.23. The monoisotopic (exact) mass is 393 g/mol. The van der Waals surface area contributed by atoms with E-state index in [1.54, 1.807) is 41.6 Å². The molecule has 4 rings (SSSR count). The van der Waals surface area contributed by atoms with E-state index in [4.69, 9.17) is 4.74 Å². The standard InChI is InChI=1S/C20H19N5O2S/c1-13-11-25(12-21-13)16-9-14(6-7-18(16)27-3)22-20(26)15-10-17(24(2)23-15)19-5-4-8-28-19/h4-12H,1-3H3,(H,22,26). The largest absolute Gasteiger partial charge is 0.495 e. The number of amides is 1. The number of hydrogen-bond acceptors (Lipinski definition) is 5. The first-order valence-corrected chi connectivity index (χ1v) is 9.51. The summed E-state index contributed by atoms with van der Waals surface area (Å²) in [6.07, 6.45) is 3.61. The van der Waals surface area contributed by atoms with Crippen LogP contribution in [-0.4, -0.2) is 32.3 Å². The van der Waals surface area contributed by atoms with Crippen molar-refractivity contribution < 1.29 is 9.53 Å². The number of thiophene rings is 1. The molecule has 0 aliphatic heterocycles. The van der Waals surface area contributed by atoms with Crippen molar-refractivity contribution in [1.29, 1.82) is 0 Å². The molecule has 0 atom stereocenters. The molecule has 0 saturated heterocycles. The van der Waals surface area contributed by atoms with Gasteiger partial charge in [0.25, 0.3) is 5.91 Å². The van der Waals surface area contributed by atoms with E-state index >= 15 is 0 Å². The van der Waals surface area contributed by atoms with Crippen LogP contribution in [0.1, 0.15) is 16.2 Å². The molecule has 1 aromatic carbocycles. The fourth-order valence-corrected chi connectivity index (χ4v) is 3.72. The van der Waals surface area contributed by atoms with Crippen molar-refractivity contribution in [3.63, 3.8) is 0 Å². The van der Waals surface area contributed by atoms with Crippen LogP contribution in [0.15, 0.2) is 54.3 Å². The van der Waals surface area contributed by atoms with Gasteiger partial charge >= 0.3 is 0 Å². The summed E-state index contributed by atoms with van der Waals surface area (Å²) in [5.41, 5.74) is 3.61. The van der Waals surface area contributed by atoms with Crippen molar-refractivity contribution in [2.75, 3.05) is 12.4 Å². The summed E-state index contributed by atoms with van der Waals surface area (Å²) >= 11 is 1.61. The molecule has 28 heavy (non-hydrogen) atoms. The second-order valence-electron chi connectivity index (χ2n) is 6.28. The Kier molecular flexibility index (Phi) is 4.70.